The van der Waals surface area contributed by atoms with Crippen molar-refractivity contribution < 1.29 is 4.79 Å². The van der Waals surface area contributed by atoms with E-state index in [1.165, 1.54) is 0 Å². The first-order valence-electron chi connectivity index (χ1n) is 5.56. The van der Waals surface area contributed by atoms with E-state index in [0.717, 1.165) is 24.0 Å². The Morgan fingerprint density at radius 3 is 2.80 bits per heavy atom. The molecular formula is C13H21NO. The smallest absolute Gasteiger partial charge is 0.156 e. The predicted octanol–water partition coefficient (Wildman–Crippen LogP) is 2.60. The number of allylic oxidation sites excluding steroid dienone is 2. The van der Waals surface area contributed by atoms with Crippen LogP contribution in [0.4, 0.5) is 0 Å². The monoisotopic (exact) mass is 207 g/mol. The molecule has 2 unspecified atom stereocenters. The number of nitrogens with two attached hydrogens (primary N) is 1. The zero-order chi connectivity index (χ0) is 11.6. The van der Waals surface area contributed by atoms with Gasteiger partial charge in [-0.05, 0) is 32.6 Å². The van der Waals surface area contributed by atoms with E-state index < -0.39 is 5.54 Å². The Morgan fingerprint density at radius 2 is 2.33 bits per heavy atom. The average Bonchev–Trinajstić information content (AvgIpc) is 2.20. The lowest BCUT2D eigenvalue weighted by Crippen LogP contribution is -2.51. The first-order valence-corrected chi connectivity index (χ1v) is 5.56. The number of hydrogen-bond acceptors (Lipinski definition) is 2. The fourth-order valence-corrected chi connectivity index (χ4v) is 2.16. The van der Waals surface area contributed by atoms with Crippen molar-refractivity contribution in [2.45, 2.75) is 45.6 Å². The average molecular weight is 207 g/mol. The second-order valence-corrected chi connectivity index (χ2v) is 4.62. The molecule has 2 atom stereocenters. The second kappa shape index (κ2) is 4.31. The Balaban J connectivity index is 2.98. The molecule has 2 nitrogen and oxygen atoms in total. The van der Waals surface area contributed by atoms with Gasteiger partial charge in [0.25, 0.3) is 0 Å². The minimum atomic E-state index is -0.739. The Hall–Kier alpha value is -0.890. The highest BCUT2D eigenvalue weighted by molar-refractivity contribution is 5.91. The van der Waals surface area contributed by atoms with Crippen molar-refractivity contribution in [3.8, 4) is 0 Å². The third-order valence-corrected chi connectivity index (χ3v) is 3.50. The van der Waals surface area contributed by atoms with E-state index in [2.05, 4.69) is 12.7 Å². The molecule has 0 saturated heterocycles. The van der Waals surface area contributed by atoms with Crippen LogP contribution in [-0.4, -0.2) is 11.3 Å². The van der Waals surface area contributed by atoms with Crippen molar-refractivity contribution in [1.82, 2.24) is 0 Å². The molecule has 0 bridgehead atoms. The lowest BCUT2D eigenvalue weighted by Gasteiger charge is -2.36. The zero-order valence-corrected chi connectivity index (χ0v) is 9.97. The van der Waals surface area contributed by atoms with Crippen LogP contribution in [0.3, 0.4) is 0 Å². The molecule has 2 heteroatoms. The third-order valence-electron chi connectivity index (χ3n) is 3.50. The van der Waals surface area contributed by atoms with Gasteiger partial charge in [0.1, 0.15) is 0 Å². The number of rotatable bonds is 3. The largest absolute Gasteiger partial charge is 0.316 e. The molecule has 15 heavy (non-hydrogen) atoms. The van der Waals surface area contributed by atoms with Crippen LogP contribution >= 0.6 is 0 Å². The molecule has 0 aliphatic heterocycles. The van der Waals surface area contributed by atoms with Crippen molar-refractivity contribution in [3.05, 3.63) is 23.8 Å². The van der Waals surface area contributed by atoms with E-state index in [4.69, 9.17) is 5.73 Å². The highest BCUT2D eigenvalue weighted by Crippen LogP contribution is 2.35. The van der Waals surface area contributed by atoms with Crippen LogP contribution in [0.15, 0.2) is 23.8 Å². The standard InChI is InChI=1S/C13H21NO/c1-5-12(15)13(14)8-11(9(2)3)7-6-10(13)4/h6,11H,2,5,7-8,14H2,1,3-4H3. The molecule has 0 aromatic carbocycles. The minimum absolute atomic E-state index is 0.141. The Kier molecular flexibility index (Phi) is 3.50. The lowest BCUT2D eigenvalue weighted by atomic mass is 9.71. The van der Waals surface area contributed by atoms with Gasteiger partial charge < -0.3 is 5.73 Å². The summed E-state index contributed by atoms with van der Waals surface area (Å²) in [5.74, 6) is 0.497. The molecule has 0 fully saturated rings. The van der Waals surface area contributed by atoms with Crippen molar-refractivity contribution in [3.63, 3.8) is 0 Å². The SMILES string of the molecule is C=C(C)C1CC=C(C)C(N)(C(=O)CC)C1. The fourth-order valence-electron chi connectivity index (χ4n) is 2.16. The number of carbonyl (C=O) groups excluding carboxylic acids is 1. The lowest BCUT2D eigenvalue weighted by molar-refractivity contribution is -0.123. The van der Waals surface area contributed by atoms with Gasteiger partial charge in [-0.25, -0.2) is 0 Å². The van der Waals surface area contributed by atoms with E-state index in [-0.39, 0.29) is 5.78 Å². The normalized spacial score (nSPS) is 30.9. The van der Waals surface area contributed by atoms with Crippen molar-refractivity contribution in [2.75, 3.05) is 0 Å². The second-order valence-electron chi connectivity index (χ2n) is 4.62. The van der Waals surface area contributed by atoms with Crippen molar-refractivity contribution in [1.29, 1.82) is 0 Å². The van der Waals surface area contributed by atoms with Gasteiger partial charge in [0.05, 0.1) is 5.54 Å². The van der Waals surface area contributed by atoms with E-state index in [0.29, 0.717) is 12.3 Å². The molecule has 0 heterocycles. The maximum absolute atomic E-state index is 11.9. The van der Waals surface area contributed by atoms with Gasteiger partial charge in [-0.1, -0.05) is 30.7 Å². The predicted molar refractivity (Wildman–Crippen MR) is 63.5 cm³/mol. The van der Waals surface area contributed by atoms with E-state index in [1.54, 1.807) is 0 Å². The van der Waals surface area contributed by atoms with Crippen LogP contribution in [0.1, 0.15) is 40.0 Å². The van der Waals surface area contributed by atoms with E-state index >= 15 is 0 Å². The van der Waals surface area contributed by atoms with Gasteiger partial charge >= 0.3 is 0 Å². The van der Waals surface area contributed by atoms with Crippen molar-refractivity contribution >= 4 is 5.78 Å². The molecule has 0 radical (unpaired) electrons. The van der Waals surface area contributed by atoms with Gasteiger partial charge in [0.2, 0.25) is 0 Å². The Labute approximate surface area is 92.2 Å². The van der Waals surface area contributed by atoms with Gasteiger partial charge in [0.15, 0.2) is 5.78 Å². The van der Waals surface area contributed by atoms with Crippen molar-refractivity contribution in [2.24, 2.45) is 11.7 Å². The highest BCUT2D eigenvalue weighted by atomic mass is 16.1. The summed E-state index contributed by atoms with van der Waals surface area (Å²) in [7, 11) is 0. The van der Waals surface area contributed by atoms with Crippen LogP contribution in [0.2, 0.25) is 0 Å². The summed E-state index contributed by atoms with van der Waals surface area (Å²) in [5.41, 5.74) is 7.63. The van der Waals surface area contributed by atoms with Crippen LogP contribution in [0.25, 0.3) is 0 Å². The number of Topliss-reactive ketones (excluding diaryl/α,β-unsaturated/α-hetero) is 1. The molecule has 0 aromatic rings. The molecule has 1 aliphatic rings. The maximum Gasteiger partial charge on any atom is 0.156 e. The molecule has 2 N–H and O–H groups in total. The number of ketones is 1. The highest BCUT2D eigenvalue weighted by Gasteiger charge is 2.38. The van der Waals surface area contributed by atoms with Crippen LogP contribution in [-0.2, 0) is 4.79 Å². The summed E-state index contributed by atoms with van der Waals surface area (Å²) in [6.45, 7) is 9.80. The summed E-state index contributed by atoms with van der Waals surface area (Å²) in [6.07, 6.45) is 4.29. The zero-order valence-electron chi connectivity index (χ0n) is 9.97. The number of hydrogen-bond donors (Lipinski definition) is 1. The molecule has 1 rings (SSSR count). The van der Waals surface area contributed by atoms with E-state index in [1.807, 2.05) is 20.8 Å². The summed E-state index contributed by atoms with van der Waals surface area (Å²) in [6, 6.07) is 0. The first kappa shape index (κ1) is 12.2. The third kappa shape index (κ3) is 2.20. The van der Waals surface area contributed by atoms with Gasteiger partial charge in [0, 0.05) is 6.42 Å². The summed E-state index contributed by atoms with van der Waals surface area (Å²) in [5, 5.41) is 0. The molecular weight excluding hydrogens is 186 g/mol. The molecule has 0 saturated carbocycles. The Bertz CT molecular complexity index is 316. The van der Waals surface area contributed by atoms with E-state index in [9.17, 15) is 4.79 Å². The van der Waals surface area contributed by atoms with Gasteiger partial charge in [-0.3, -0.25) is 4.79 Å². The maximum atomic E-state index is 11.9. The minimum Gasteiger partial charge on any atom is -0.316 e. The first-order chi connectivity index (χ1) is 6.91. The molecule has 1 aliphatic carbocycles. The summed E-state index contributed by atoms with van der Waals surface area (Å²) >= 11 is 0. The Morgan fingerprint density at radius 1 is 1.73 bits per heavy atom. The summed E-state index contributed by atoms with van der Waals surface area (Å²) in [4.78, 5) is 11.9. The van der Waals surface area contributed by atoms with Crippen LogP contribution in [0, 0.1) is 5.92 Å². The van der Waals surface area contributed by atoms with Gasteiger partial charge in [-0.2, -0.15) is 0 Å². The van der Waals surface area contributed by atoms with Crippen LogP contribution in [0.5, 0.6) is 0 Å². The molecule has 0 aromatic heterocycles. The van der Waals surface area contributed by atoms with Gasteiger partial charge in [-0.15, -0.1) is 0 Å². The molecule has 0 amide bonds. The molecule has 0 spiro atoms. The van der Waals surface area contributed by atoms with Crippen LogP contribution < -0.4 is 5.73 Å². The summed E-state index contributed by atoms with van der Waals surface area (Å²) < 4.78 is 0. The topological polar surface area (TPSA) is 43.1 Å². The molecule has 84 valence electrons. The fraction of sp³-hybridized carbons (Fsp3) is 0.615. The quantitative estimate of drug-likeness (QED) is 0.723. The number of carbonyl (C=O) groups is 1.